The fourth-order valence-corrected chi connectivity index (χ4v) is 0.630. The number of halogens is 1. The number of benzene rings is 1. The Kier molecular flexibility index (Phi) is 4.69. The fraction of sp³-hybridized carbons (Fsp3) is 0.125. The van der Waals surface area contributed by atoms with Gasteiger partial charge in [-0.25, -0.2) is 4.79 Å². The van der Waals surface area contributed by atoms with Crippen molar-refractivity contribution in [2.45, 2.75) is 6.92 Å². The zero-order valence-electron chi connectivity index (χ0n) is 7.02. The Balaban J connectivity index is 0.00000144. The molecule has 0 aliphatic heterocycles. The van der Waals surface area contributed by atoms with Crippen molar-refractivity contribution in [3.63, 3.8) is 0 Å². The molecular formula is C8H10ClNO3. The molecule has 0 aromatic heterocycles. The molecule has 0 heterocycles. The first-order valence-electron chi connectivity index (χ1n) is 3.39. The predicted octanol–water partition coefficient (Wildman–Crippen LogP) is 1.55. The van der Waals surface area contributed by atoms with Gasteiger partial charge in [0.25, 0.3) is 0 Å². The van der Waals surface area contributed by atoms with Crippen LogP contribution in [0, 0.1) is 0 Å². The maximum atomic E-state index is 10.3. The normalized spacial score (nSPS) is 8.38. The molecule has 0 amide bonds. The third-order valence-electron chi connectivity index (χ3n) is 1.14. The van der Waals surface area contributed by atoms with Crippen LogP contribution in [0.4, 0.5) is 5.69 Å². The number of anilines is 1. The van der Waals surface area contributed by atoms with Gasteiger partial charge in [0, 0.05) is 12.6 Å². The van der Waals surface area contributed by atoms with E-state index < -0.39 is 5.97 Å². The SMILES string of the molecule is CC(=O)OOc1ccc(N)cc1.Cl. The van der Waals surface area contributed by atoms with E-state index in [1.807, 2.05) is 0 Å². The average molecular weight is 204 g/mol. The predicted molar refractivity (Wildman–Crippen MR) is 50.5 cm³/mol. The van der Waals surface area contributed by atoms with E-state index in [-0.39, 0.29) is 12.4 Å². The second kappa shape index (κ2) is 5.27. The lowest BCUT2D eigenvalue weighted by Gasteiger charge is -2.01. The first kappa shape index (κ1) is 11.6. The standard InChI is InChI=1S/C8H9NO3.ClH/c1-6(10)11-12-8-4-2-7(9)3-5-8;/h2-5H,9H2,1H3;1H. The van der Waals surface area contributed by atoms with Gasteiger partial charge in [-0.1, -0.05) is 0 Å². The quantitative estimate of drug-likeness (QED) is 0.450. The van der Waals surface area contributed by atoms with E-state index in [0.29, 0.717) is 11.4 Å². The van der Waals surface area contributed by atoms with E-state index in [1.54, 1.807) is 24.3 Å². The van der Waals surface area contributed by atoms with Crippen molar-refractivity contribution in [1.29, 1.82) is 0 Å². The van der Waals surface area contributed by atoms with Crippen LogP contribution in [0.2, 0.25) is 0 Å². The van der Waals surface area contributed by atoms with Gasteiger partial charge >= 0.3 is 5.97 Å². The Morgan fingerprint density at radius 2 is 1.85 bits per heavy atom. The summed E-state index contributed by atoms with van der Waals surface area (Å²) in [5.74, 6) is -0.0498. The highest BCUT2D eigenvalue weighted by molar-refractivity contribution is 5.85. The molecule has 13 heavy (non-hydrogen) atoms. The fourth-order valence-electron chi connectivity index (χ4n) is 0.630. The molecule has 4 nitrogen and oxygen atoms in total. The summed E-state index contributed by atoms with van der Waals surface area (Å²) in [5, 5.41) is 0. The molecule has 0 bridgehead atoms. The molecule has 0 radical (unpaired) electrons. The zero-order chi connectivity index (χ0) is 8.97. The molecule has 1 rings (SSSR count). The van der Waals surface area contributed by atoms with Gasteiger partial charge in [0.1, 0.15) is 0 Å². The van der Waals surface area contributed by atoms with Gasteiger partial charge in [-0.2, -0.15) is 0 Å². The summed E-state index contributed by atoms with van der Waals surface area (Å²) in [7, 11) is 0. The van der Waals surface area contributed by atoms with Crippen molar-refractivity contribution in [3.05, 3.63) is 24.3 Å². The van der Waals surface area contributed by atoms with Crippen molar-refractivity contribution in [1.82, 2.24) is 0 Å². The number of hydrogen-bond acceptors (Lipinski definition) is 4. The molecule has 0 atom stereocenters. The van der Waals surface area contributed by atoms with Crippen LogP contribution in [0.25, 0.3) is 0 Å². The molecule has 0 aliphatic rings. The largest absolute Gasteiger partial charge is 0.399 e. The van der Waals surface area contributed by atoms with E-state index in [0.717, 1.165) is 0 Å². The van der Waals surface area contributed by atoms with Crippen molar-refractivity contribution in [2.24, 2.45) is 0 Å². The topological polar surface area (TPSA) is 61.5 Å². The van der Waals surface area contributed by atoms with E-state index in [9.17, 15) is 4.79 Å². The van der Waals surface area contributed by atoms with Gasteiger partial charge in [0.15, 0.2) is 5.75 Å². The average Bonchev–Trinajstić information content (AvgIpc) is 2.03. The Labute approximate surface area is 82.0 Å². The lowest BCUT2D eigenvalue weighted by molar-refractivity contribution is -0.210. The third-order valence-corrected chi connectivity index (χ3v) is 1.14. The first-order valence-corrected chi connectivity index (χ1v) is 3.39. The van der Waals surface area contributed by atoms with Crippen LogP contribution < -0.4 is 10.6 Å². The van der Waals surface area contributed by atoms with E-state index in [4.69, 9.17) is 5.73 Å². The van der Waals surface area contributed by atoms with Crippen LogP contribution >= 0.6 is 12.4 Å². The third kappa shape index (κ3) is 4.22. The highest BCUT2D eigenvalue weighted by Gasteiger charge is 1.96. The summed E-state index contributed by atoms with van der Waals surface area (Å²) < 4.78 is 0. The van der Waals surface area contributed by atoms with Crippen LogP contribution in [0.3, 0.4) is 0 Å². The highest BCUT2D eigenvalue weighted by Crippen LogP contribution is 2.12. The molecule has 0 aliphatic carbocycles. The van der Waals surface area contributed by atoms with Crippen molar-refractivity contribution in [2.75, 3.05) is 5.73 Å². The van der Waals surface area contributed by atoms with Crippen molar-refractivity contribution in [3.8, 4) is 5.75 Å². The van der Waals surface area contributed by atoms with Crippen LogP contribution in [-0.4, -0.2) is 5.97 Å². The smallest absolute Gasteiger partial charge is 0.352 e. The number of carbonyl (C=O) groups excluding carboxylic acids is 1. The van der Waals surface area contributed by atoms with E-state index in [1.165, 1.54) is 6.92 Å². The molecule has 0 fully saturated rings. The maximum absolute atomic E-state index is 10.3. The van der Waals surface area contributed by atoms with Gasteiger partial charge in [-0.05, 0) is 24.3 Å². The molecule has 1 aromatic carbocycles. The number of nitrogen functional groups attached to an aromatic ring is 1. The van der Waals surface area contributed by atoms with Crippen LogP contribution in [0.5, 0.6) is 5.75 Å². The van der Waals surface area contributed by atoms with Gasteiger partial charge in [-0.15, -0.1) is 12.4 Å². The summed E-state index contributed by atoms with van der Waals surface area (Å²) in [4.78, 5) is 19.2. The Morgan fingerprint density at radius 1 is 1.31 bits per heavy atom. The van der Waals surface area contributed by atoms with Crippen molar-refractivity contribution < 1.29 is 14.6 Å². The lowest BCUT2D eigenvalue weighted by Crippen LogP contribution is -2.02. The number of nitrogens with two attached hydrogens (primary N) is 1. The number of hydrogen-bond donors (Lipinski definition) is 1. The van der Waals surface area contributed by atoms with Gasteiger partial charge in [0.05, 0.1) is 0 Å². The van der Waals surface area contributed by atoms with Crippen LogP contribution in [-0.2, 0) is 9.68 Å². The van der Waals surface area contributed by atoms with Gasteiger partial charge in [0.2, 0.25) is 0 Å². The second-order valence-electron chi connectivity index (χ2n) is 2.23. The molecular weight excluding hydrogens is 194 g/mol. The Morgan fingerprint density at radius 3 is 2.31 bits per heavy atom. The van der Waals surface area contributed by atoms with Crippen LogP contribution in [0.1, 0.15) is 6.92 Å². The summed E-state index contributed by atoms with van der Waals surface area (Å²) in [6.45, 7) is 1.26. The van der Waals surface area contributed by atoms with E-state index >= 15 is 0 Å². The minimum absolute atomic E-state index is 0. The van der Waals surface area contributed by atoms with E-state index in [2.05, 4.69) is 9.78 Å². The summed E-state index contributed by atoms with van der Waals surface area (Å²) >= 11 is 0. The summed E-state index contributed by atoms with van der Waals surface area (Å²) in [6.07, 6.45) is 0. The molecule has 0 spiro atoms. The first-order chi connectivity index (χ1) is 5.68. The van der Waals surface area contributed by atoms with Crippen LogP contribution in [0.15, 0.2) is 24.3 Å². The van der Waals surface area contributed by atoms with Gasteiger partial charge < -0.3 is 5.73 Å². The van der Waals surface area contributed by atoms with Crippen molar-refractivity contribution >= 4 is 24.1 Å². The number of rotatable bonds is 2. The monoisotopic (exact) mass is 203 g/mol. The molecule has 0 saturated carbocycles. The summed E-state index contributed by atoms with van der Waals surface area (Å²) in [6, 6.07) is 6.52. The highest BCUT2D eigenvalue weighted by atomic mass is 35.5. The number of carbonyl (C=O) groups is 1. The molecule has 0 saturated heterocycles. The minimum atomic E-state index is -0.494. The zero-order valence-corrected chi connectivity index (χ0v) is 7.84. The molecule has 1 aromatic rings. The summed E-state index contributed by atoms with van der Waals surface area (Å²) in [5.41, 5.74) is 6.05. The minimum Gasteiger partial charge on any atom is -0.399 e. The van der Waals surface area contributed by atoms with Gasteiger partial charge in [-0.3, -0.25) is 9.78 Å². The lowest BCUT2D eigenvalue weighted by atomic mass is 10.3. The Bertz CT molecular complexity index is 273. The molecule has 2 N–H and O–H groups in total. The molecule has 72 valence electrons. The second-order valence-corrected chi connectivity index (χ2v) is 2.23. The maximum Gasteiger partial charge on any atom is 0.352 e. The Hall–Kier alpha value is -1.42. The molecule has 5 heteroatoms. The molecule has 0 unspecified atom stereocenters.